The van der Waals surface area contributed by atoms with Gasteiger partial charge in [0.2, 0.25) is 0 Å². The maximum atomic E-state index is 10.9. The molecule has 2 heteroatoms. The molecular formula is C11H10O2. The van der Waals surface area contributed by atoms with Crippen LogP contribution in [0.3, 0.4) is 0 Å². The van der Waals surface area contributed by atoms with E-state index in [-0.39, 0.29) is 5.92 Å². The molecule has 0 aromatic heterocycles. The van der Waals surface area contributed by atoms with Crippen LogP contribution in [0.4, 0.5) is 0 Å². The molecule has 0 amide bonds. The van der Waals surface area contributed by atoms with Gasteiger partial charge >= 0.3 is 5.97 Å². The zero-order valence-electron chi connectivity index (χ0n) is 7.05. The van der Waals surface area contributed by atoms with Crippen LogP contribution in [0.5, 0.6) is 0 Å². The van der Waals surface area contributed by atoms with Crippen LogP contribution in [0.2, 0.25) is 0 Å². The first-order valence-electron chi connectivity index (χ1n) is 4.59. The number of carbonyl (C=O) groups is 1. The number of carboxylic acid groups (broad SMARTS) is 1. The summed E-state index contributed by atoms with van der Waals surface area (Å²) >= 11 is 0. The van der Waals surface area contributed by atoms with Crippen molar-refractivity contribution in [2.75, 3.05) is 0 Å². The fourth-order valence-corrected chi connectivity index (χ4v) is 2.63. The average molecular weight is 174 g/mol. The zero-order valence-corrected chi connectivity index (χ0v) is 7.05. The highest BCUT2D eigenvalue weighted by molar-refractivity contribution is 5.88. The minimum atomic E-state index is -0.752. The van der Waals surface area contributed by atoms with Crippen LogP contribution in [-0.2, 0) is 4.79 Å². The first kappa shape index (κ1) is 7.13. The lowest BCUT2D eigenvalue weighted by molar-refractivity contribution is -0.133. The lowest BCUT2D eigenvalue weighted by Gasteiger charge is -2.45. The van der Waals surface area contributed by atoms with E-state index in [1.54, 1.807) is 0 Å². The topological polar surface area (TPSA) is 37.3 Å². The Balaban J connectivity index is 2.05. The molecule has 4 aliphatic rings. The molecule has 1 N–H and O–H groups in total. The fourth-order valence-electron chi connectivity index (χ4n) is 2.63. The van der Waals surface area contributed by atoms with Crippen LogP contribution in [-0.4, -0.2) is 11.1 Å². The normalized spacial score (nSPS) is 43.8. The third-order valence-electron chi connectivity index (χ3n) is 3.38. The van der Waals surface area contributed by atoms with Gasteiger partial charge in [0.25, 0.3) is 0 Å². The van der Waals surface area contributed by atoms with Crippen LogP contribution in [0, 0.1) is 23.7 Å². The van der Waals surface area contributed by atoms with E-state index < -0.39 is 5.97 Å². The maximum Gasteiger partial charge on any atom is 0.331 e. The number of hydrogen-bond donors (Lipinski definition) is 1. The van der Waals surface area contributed by atoms with Gasteiger partial charge in [0.1, 0.15) is 0 Å². The second-order valence-corrected chi connectivity index (χ2v) is 3.95. The van der Waals surface area contributed by atoms with Gasteiger partial charge in [-0.15, -0.1) is 0 Å². The highest BCUT2D eigenvalue weighted by Crippen LogP contribution is 2.49. The van der Waals surface area contributed by atoms with Crippen molar-refractivity contribution >= 4 is 5.97 Å². The predicted octanol–water partition coefficient (Wildman–Crippen LogP) is 1.62. The minimum Gasteiger partial charge on any atom is -0.478 e. The Labute approximate surface area is 76.3 Å². The smallest absolute Gasteiger partial charge is 0.331 e. The van der Waals surface area contributed by atoms with Crippen LogP contribution in [0.25, 0.3) is 0 Å². The van der Waals surface area contributed by atoms with Crippen molar-refractivity contribution in [1.82, 2.24) is 0 Å². The molecule has 0 saturated heterocycles. The van der Waals surface area contributed by atoms with Crippen molar-refractivity contribution in [3.63, 3.8) is 0 Å². The highest BCUT2D eigenvalue weighted by atomic mass is 16.4. The van der Waals surface area contributed by atoms with E-state index in [9.17, 15) is 4.79 Å². The molecule has 4 atom stereocenters. The summed E-state index contributed by atoms with van der Waals surface area (Å²) in [5.74, 6) is 0.769. The van der Waals surface area contributed by atoms with Crippen molar-refractivity contribution < 1.29 is 9.90 Å². The molecule has 2 nitrogen and oxygen atoms in total. The first-order chi connectivity index (χ1) is 6.27. The summed E-state index contributed by atoms with van der Waals surface area (Å²) in [6.45, 7) is 0. The number of aliphatic carboxylic acids is 1. The Morgan fingerprint density at radius 2 is 1.92 bits per heavy atom. The summed E-state index contributed by atoms with van der Waals surface area (Å²) in [4.78, 5) is 10.9. The van der Waals surface area contributed by atoms with Gasteiger partial charge in [0, 0.05) is 17.4 Å². The Kier molecular flexibility index (Phi) is 1.17. The molecule has 13 heavy (non-hydrogen) atoms. The molecule has 4 rings (SSSR count). The molecule has 66 valence electrons. The second-order valence-electron chi connectivity index (χ2n) is 3.95. The summed E-state index contributed by atoms with van der Waals surface area (Å²) < 4.78 is 0. The van der Waals surface area contributed by atoms with E-state index in [0.29, 0.717) is 23.3 Å². The van der Waals surface area contributed by atoms with Crippen LogP contribution >= 0.6 is 0 Å². The molecule has 0 aliphatic heterocycles. The van der Waals surface area contributed by atoms with Crippen LogP contribution in [0.1, 0.15) is 0 Å². The van der Waals surface area contributed by atoms with E-state index in [4.69, 9.17) is 5.11 Å². The molecule has 0 radical (unpaired) electrons. The van der Waals surface area contributed by atoms with Gasteiger partial charge < -0.3 is 5.11 Å². The van der Waals surface area contributed by atoms with E-state index in [1.165, 1.54) is 0 Å². The second kappa shape index (κ2) is 2.13. The van der Waals surface area contributed by atoms with Gasteiger partial charge in [-0.25, -0.2) is 4.79 Å². The molecule has 4 aliphatic carbocycles. The average Bonchev–Trinajstić information content (AvgIpc) is 2.03. The number of allylic oxidation sites excluding steroid dienone is 5. The van der Waals surface area contributed by atoms with Crippen molar-refractivity contribution in [2.45, 2.75) is 0 Å². The van der Waals surface area contributed by atoms with Crippen molar-refractivity contribution in [3.05, 3.63) is 36.0 Å². The SMILES string of the molecule is O=C(O)C1=C[C@@H]2C=C[C@@H]1[C@@H]1C=C[C@H]21. The number of carboxylic acids is 1. The van der Waals surface area contributed by atoms with E-state index in [1.807, 2.05) is 6.08 Å². The molecule has 0 heterocycles. The molecule has 0 spiro atoms. The monoisotopic (exact) mass is 174 g/mol. The van der Waals surface area contributed by atoms with Crippen LogP contribution in [0.15, 0.2) is 36.0 Å². The number of hydrogen-bond acceptors (Lipinski definition) is 1. The fraction of sp³-hybridized carbons (Fsp3) is 0.364. The number of rotatable bonds is 1. The van der Waals surface area contributed by atoms with Crippen LogP contribution < -0.4 is 0 Å². The lowest BCUT2D eigenvalue weighted by atomic mass is 9.58. The van der Waals surface area contributed by atoms with E-state index >= 15 is 0 Å². The highest BCUT2D eigenvalue weighted by Gasteiger charge is 2.44. The standard InChI is InChI=1S/C11H10O2/c12-11(13)10-5-6-1-2-9(10)8-4-3-7(6)8/h1-9H,(H,12,13)/t6-,7+,8+,9+/m0/s1. The maximum absolute atomic E-state index is 10.9. The predicted molar refractivity (Wildman–Crippen MR) is 48.0 cm³/mol. The van der Waals surface area contributed by atoms with Gasteiger partial charge in [0.05, 0.1) is 0 Å². The zero-order chi connectivity index (χ0) is 9.00. The molecule has 0 saturated carbocycles. The van der Waals surface area contributed by atoms with Gasteiger partial charge in [0.15, 0.2) is 0 Å². The first-order valence-corrected chi connectivity index (χ1v) is 4.59. The Morgan fingerprint density at radius 1 is 1.15 bits per heavy atom. The van der Waals surface area contributed by atoms with Gasteiger partial charge in [-0.3, -0.25) is 0 Å². The molecule has 0 aromatic rings. The minimum absolute atomic E-state index is 0.137. The lowest BCUT2D eigenvalue weighted by Crippen LogP contribution is -2.40. The summed E-state index contributed by atoms with van der Waals surface area (Å²) in [5.41, 5.74) is 0.595. The largest absolute Gasteiger partial charge is 0.478 e. The van der Waals surface area contributed by atoms with Crippen molar-refractivity contribution in [2.24, 2.45) is 23.7 Å². The van der Waals surface area contributed by atoms with Crippen molar-refractivity contribution in [1.29, 1.82) is 0 Å². The third kappa shape index (κ3) is 0.755. The summed E-state index contributed by atoms with van der Waals surface area (Å²) in [5, 5.41) is 8.96. The molecular weight excluding hydrogens is 164 g/mol. The molecule has 2 bridgehead atoms. The van der Waals surface area contributed by atoms with Crippen molar-refractivity contribution in [3.8, 4) is 0 Å². The summed E-state index contributed by atoms with van der Waals surface area (Å²) in [7, 11) is 0. The molecule has 0 aromatic carbocycles. The summed E-state index contributed by atoms with van der Waals surface area (Å²) in [6.07, 6.45) is 10.4. The summed E-state index contributed by atoms with van der Waals surface area (Å²) in [6, 6.07) is 0. The van der Waals surface area contributed by atoms with Gasteiger partial charge in [-0.05, 0) is 11.8 Å². The Bertz CT molecular complexity index is 362. The third-order valence-corrected chi connectivity index (χ3v) is 3.38. The molecule has 0 fully saturated rings. The van der Waals surface area contributed by atoms with E-state index in [0.717, 1.165) is 0 Å². The quantitative estimate of drug-likeness (QED) is 0.613. The Morgan fingerprint density at radius 3 is 2.46 bits per heavy atom. The van der Waals surface area contributed by atoms with E-state index in [2.05, 4.69) is 24.3 Å². The molecule has 0 unspecified atom stereocenters. The van der Waals surface area contributed by atoms with Gasteiger partial charge in [-0.2, -0.15) is 0 Å². The Hall–Kier alpha value is -1.31. The van der Waals surface area contributed by atoms with Gasteiger partial charge in [-0.1, -0.05) is 30.4 Å².